The van der Waals surface area contributed by atoms with Crippen LogP contribution in [0.25, 0.3) is 0 Å². The summed E-state index contributed by atoms with van der Waals surface area (Å²) in [6.45, 7) is 5.30. The molecule has 6 heteroatoms. The van der Waals surface area contributed by atoms with E-state index < -0.39 is 11.9 Å². The van der Waals surface area contributed by atoms with Crippen molar-refractivity contribution in [1.29, 1.82) is 0 Å². The number of nitrogens with one attached hydrogen (secondary N) is 1. The number of halogens is 1. The molecule has 1 aromatic carbocycles. The fourth-order valence-corrected chi connectivity index (χ4v) is 1.98. The van der Waals surface area contributed by atoms with Crippen molar-refractivity contribution in [2.45, 2.75) is 26.9 Å². The second-order valence-electron chi connectivity index (χ2n) is 4.88. The molecular weight excluding hydrogens is 273 g/mol. The van der Waals surface area contributed by atoms with Crippen molar-refractivity contribution in [2.24, 2.45) is 7.05 Å². The van der Waals surface area contributed by atoms with Crippen molar-refractivity contribution in [2.75, 3.05) is 5.32 Å². The summed E-state index contributed by atoms with van der Waals surface area (Å²) in [5.74, 6) is -0.394. The van der Waals surface area contributed by atoms with E-state index in [9.17, 15) is 9.18 Å². The molecule has 1 heterocycles. The summed E-state index contributed by atoms with van der Waals surface area (Å²) in [7, 11) is 1.81. The maximum Gasteiger partial charge on any atom is 0.265 e. The number of hydrogen-bond donors (Lipinski definition) is 1. The largest absolute Gasteiger partial charge is 0.481 e. The predicted octanol–water partition coefficient (Wildman–Crippen LogP) is 2.58. The van der Waals surface area contributed by atoms with Gasteiger partial charge in [-0.25, -0.2) is 4.39 Å². The molecular formula is C15H18FN3O2. The van der Waals surface area contributed by atoms with Gasteiger partial charge in [-0.05, 0) is 32.9 Å². The SMILES string of the molecule is Cc1nn(C)c(C)c1NC(=O)C(C)Oc1cccc(F)c1. The number of aromatic nitrogens is 2. The molecule has 1 aromatic heterocycles. The fourth-order valence-electron chi connectivity index (χ4n) is 1.98. The molecule has 21 heavy (non-hydrogen) atoms. The summed E-state index contributed by atoms with van der Waals surface area (Å²) >= 11 is 0. The lowest BCUT2D eigenvalue weighted by molar-refractivity contribution is -0.122. The van der Waals surface area contributed by atoms with Gasteiger partial charge in [-0.3, -0.25) is 9.48 Å². The standard InChI is InChI=1S/C15H18FN3O2/c1-9-14(10(2)19(4)18-9)17-15(20)11(3)21-13-7-5-6-12(16)8-13/h5-8,11H,1-4H3,(H,17,20). The second-order valence-corrected chi connectivity index (χ2v) is 4.88. The summed E-state index contributed by atoms with van der Waals surface area (Å²) in [6, 6.07) is 5.70. The molecule has 0 aliphatic carbocycles. The van der Waals surface area contributed by atoms with Crippen LogP contribution in [0.4, 0.5) is 10.1 Å². The third-order valence-electron chi connectivity index (χ3n) is 3.24. The molecule has 5 nitrogen and oxygen atoms in total. The fraction of sp³-hybridized carbons (Fsp3) is 0.333. The Morgan fingerprint density at radius 1 is 1.43 bits per heavy atom. The van der Waals surface area contributed by atoms with E-state index in [0.29, 0.717) is 11.4 Å². The lowest BCUT2D eigenvalue weighted by atomic mass is 10.2. The Bertz CT molecular complexity index is 667. The second kappa shape index (κ2) is 5.95. The molecule has 0 saturated heterocycles. The van der Waals surface area contributed by atoms with Crippen molar-refractivity contribution >= 4 is 11.6 Å². The molecule has 1 unspecified atom stereocenters. The van der Waals surface area contributed by atoms with Crippen molar-refractivity contribution < 1.29 is 13.9 Å². The van der Waals surface area contributed by atoms with Crippen LogP contribution in [0.1, 0.15) is 18.3 Å². The summed E-state index contributed by atoms with van der Waals surface area (Å²) < 4.78 is 20.2. The molecule has 2 aromatic rings. The van der Waals surface area contributed by atoms with Crippen LogP contribution in [0.5, 0.6) is 5.75 Å². The normalized spacial score (nSPS) is 12.0. The highest BCUT2D eigenvalue weighted by molar-refractivity contribution is 5.95. The maximum absolute atomic E-state index is 13.1. The minimum absolute atomic E-state index is 0.307. The molecule has 1 amide bonds. The number of amides is 1. The topological polar surface area (TPSA) is 56.2 Å². The van der Waals surface area contributed by atoms with Crippen molar-refractivity contribution in [3.05, 3.63) is 41.5 Å². The number of rotatable bonds is 4. The van der Waals surface area contributed by atoms with Crippen molar-refractivity contribution in [3.63, 3.8) is 0 Å². The Hall–Kier alpha value is -2.37. The monoisotopic (exact) mass is 291 g/mol. The van der Waals surface area contributed by atoms with Gasteiger partial charge in [0.25, 0.3) is 5.91 Å². The quantitative estimate of drug-likeness (QED) is 0.942. The average molecular weight is 291 g/mol. The molecule has 1 N–H and O–H groups in total. The lowest BCUT2D eigenvalue weighted by Gasteiger charge is -2.15. The summed E-state index contributed by atoms with van der Waals surface area (Å²) in [4.78, 5) is 12.1. The molecule has 112 valence electrons. The van der Waals surface area contributed by atoms with Crippen LogP contribution in [0.3, 0.4) is 0 Å². The molecule has 0 bridgehead atoms. The highest BCUT2D eigenvalue weighted by atomic mass is 19.1. The van der Waals surface area contributed by atoms with E-state index in [-0.39, 0.29) is 5.91 Å². The maximum atomic E-state index is 13.1. The van der Waals surface area contributed by atoms with Gasteiger partial charge in [0.15, 0.2) is 6.10 Å². The predicted molar refractivity (Wildman–Crippen MR) is 77.8 cm³/mol. The van der Waals surface area contributed by atoms with Gasteiger partial charge in [-0.15, -0.1) is 0 Å². The zero-order chi connectivity index (χ0) is 15.6. The van der Waals surface area contributed by atoms with Crippen LogP contribution in [-0.2, 0) is 11.8 Å². The van der Waals surface area contributed by atoms with Gasteiger partial charge in [0.1, 0.15) is 11.6 Å². The van der Waals surface area contributed by atoms with Crippen LogP contribution in [0, 0.1) is 19.7 Å². The van der Waals surface area contributed by atoms with E-state index in [2.05, 4.69) is 10.4 Å². The van der Waals surface area contributed by atoms with Gasteiger partial charge in [0.2, 0.25) is 0 Å². The van der Waals surface area contributed by atoms with Crippen LogP contribution < -0.4 is 10.1 Å². The van der Waals surface area contributed by atoms with Gasteiger partial charge in [-0.2, -0.15) is 5.10 Å². The first kappa shape index (κ1) is 15.0. The molecule has 2 rings (SSSR count). The van der Waals surface area contributed by atoms with E-state index in [4.69, 9.17) is 4.74 Å². The highest BCUT2D eigenvalue weighted by Gasteiger charge is 2.19. The zero-order valence-electron chi connectivity index (χ0n) is 12.5. The minimum Gasteiger partial charge on any atom is -0.481 e. The Kier molecular flexibility index (Phi) is 4.26. The third-order valence-corrected chi connectivity index (χ3v) is 3.24. The Morgan fingerprint density at radius 3 is 2.71 bits per heavy atom. The van der Waals surface area contributed by atoms with Gasteiger partial charge < -0.3 is 10.1 Å². The van der Waals surface area contributed by atoms with Crippen LogP contribution in [-0.4, -0.2) is 21.8 Å². The number of carbonyl (C=O) groups excluding carboxylic acids is 1. The summed E-state index contributed by atoms with van der Waals surface area (Å²) in [6.07, 6.45) is -0.745. The number of anilines is 1. The molecule has 1 atom stereocenters. The van der Waals surface area contributed by atoms with E-state index in [1.165, 1.54) is 18.2 Å². The molecule has 0 radical (unpaired) electrons. The molecule has 0 spiro atoms. The van der Waals surface area contributed by atoms with Gasteiger partial charge in [0, 0.05) is 13.1 Å². The lowest BCUT2D eigenvalue weighted by Crippen LogP contribution is -2.30. The first-order valence-electron chi connectivity index (χ1n) is 6.61. The van der Waals surface area contributed by atoms with E-state index >= 15 is 0 Å². The van der Waals surface area contributed by atoms with E-state index in [1.807, 2.05) is 20.9 Å². The average Bonchev–Trinajstić information content (AvgIpc) is 2.65. The van der Waals surface area contributed by atoms with Crippen molar-refractivity contribution in [3.8, 4) is 5.75 Å². The molecule has 0 fully saturated rings. The third kappa shape index (κ3) is 3.39. The van der Waals surface area contributed by atoms with Crippen molar-refractivity contribution in [1.82, 2.24) is 9.78 Å². The first-order chi connectivity index (χ1) is 9.88. The van der Waals surface area contributed by atoms with Crippen LogP contribution in [0.15, 0.2) is 24.3 Å². The number of ether oxygens (including phenoxy) is 1. The van der Waals surface area contributed by atoms with Crippen LogP contribution >= 0.6 is 0 Å². The summed E-state index contributed by atoms with van der Waals surface area (Å²) in [5, 5.41) is 7.02. The Balaban J connectivity index is 2.06. The van der Waals surface area contributed by atoms with Crippen LogP contribution in [0.2, 0.25) is 0 Å². The van der Waals surface area contributed by atoms with Gasteiger partial charge in [-0.1, -0.05) is 6.07 Å². The molecule has 0 saturated carbocycles. The van der Waals surface area contributed by atoms with E-state index in [1.54, 1.807) is 17.7 Å². The van der Waals surface area contributed by atoms with E-state index in [0.717, 1.165) is 11.4 Å². The number of carbonyl (C=O) groups is 1. The number of nitrogens with zero attached hydrogens (tertiary/aromatic N) is 2. The van der Waals surface area contributed by atoms with Gasteiger partial charge in [0.05, 0.1) is 17.1 Å². The Morgan fingerprint density at radius 2 is 2.14 bits per heavy atom. The first-order valence-corrected chi connectivity index (χ1v) is 6.61. The number of hydrogen-bond acceptors (Lipinski definition) is 3. The minimum atomic E-state index is -0.745. The number of aryl methyl sites for hydroxylation is 2. The highest BCUT2D eigenvalue weighted by Crippen LogP contribution is 2.19. The van der Waals surface area contributed by atoms with Gasteiger partial charge >= 0.3 is 0 Å². The summed E-state index contributed by atoms with van der Waals surface area (Å²) in [5.41, 5.74) is 2.28. The zero-order valence-corrected chi connectivity index (χ0v) is 12.5. The molecule has 0 aliphatic heterocycles. The molecule has 0 aliphatic rings. The smallest absolute Gasteiger partial charge is 0.265 e. The Labute approximate surface area is 122 Å². The number of benzene rings is 1.